The van der Waals surface area contributed by atoms with Crippen molar-refractivity contribution in [3.63, 3.8) is 0 Å². The molecule has 0 aliphatic rings. The Bertz CT molecular complexity index is 757. The molecular formula is C14H11F2N3O2. The van der Waals surface area contributed by atoms with Gasteiger partial charge in [0.05, 0.1) is 0 Å². The third kappa shape index (κ3) is 3.02. The fourth-order valence-electron chi connectivity index (χ4n) is 1.84. The van der Waals surface area contributed by atoms with Gasteiger partial charge in [0.2, 0.25) is 0 Å². The number of oxazole rings is 1. The van der Waals surface area contributed by atoms with Gasteiger partial charge in [0.25, 0.3) is 6.01 Å². The molecule has 5 nitrogen and oxygen atoms in total. The maximum atomic E-state index is 12.0. The maximum Gasteiger partial charge on any atom is 0.387 e. The Hall–Kier alpha value is -2.83. The van der Waals surface area contributed by atoms with Gasteiger partial charge in [-0.1, -0.05) is 0 Å². The van der Waals surface area contributed by atoms with E-state index >= 15 is 0 Å². The number of alkyl halides is 2. The van der Waals surface area contributed by atoms with Crippen molar-refractivity contribution in [2.24, 2.45) is 0 Å². The number of anilines is 3. The van der Waals surface area contributed by atoms with Gasteiger partial charge < -0.3 is 20.2 Å². The topological polar surface area (TPSA) is 73.3 Å². The highest BCUT2D eigenvalue weighted by molar-refractivity contribution is 5.78. The number of hydrogen-bond donors (Lipinski definition) is 2. The first-order valence-electron chi connectivity index (χ1n) is 6.08. The lowest BCUT2D eigenvalue weighted by molar-refractivity contribution is -0.0498. The van der Waals surface area contributed by atoms with E-state index in [0.29, 0.717) is 22.5 Å². The molecule has 0 bridgehead atoms. The van der Waals surface area contributed by atoms with Crippen LogP contribution in [0, 0.1) is 0 Å². The van der Waals surface area contributed by atoms with Crippen LogP contribution in [0.25, 0.3) is 11.1 Å². The number of aromatic nitrogens is 1. The van der Waals surface area contributed by atoms with E-state index in [0.717, 1.165) is 0 Å². The number of benzene rings is 2. The predicted molar refractivity (Wildman–Crippen MR) is 74.8 cm³/mol. The molecule has 0 aliphatic heterocycles. The van der Waals surface area contributed by atoms with Crippen molar-refractivity contribution < 1.29 is 17.9 Å². The summed E-state index contributed by atoms with van der Waals surface area (Å²) in [6, 6.07) is 11.5. The standard InChI is InChI=1S/C14H11F2N3O2/c15-13(16)20-10-4-2-9(3-5-10)18-14-19-11-6-1-8(17)7-12(11)21-14/h1-7,13H,17H2,(H,18,19). The number of fused-ring (bicyclic) bond motifs is 1. The van der Waals surface area contributed by atoms with Crippen molar-refractivity contribution in [1.29, 1.82) is 0 Å². The van der Waals surface area contributed by atoms with Crippen molar-refractivity contribution in [3.8, 4) is 5.75 Å². The number of nitrogen functional groups attached to an aromatic ring is 1. The van der Waals surface area contributed by atoms with Crippen molar-refractivity contribution in [2.75, 3.05) is 11.1 Å². The van der Waals surface area contributed by atoms with Crippen LogP contribution in [0.1, 0.15) is 0 Å². The Morgan fingerprint density at radius 3 is 2.62 bits per heavy atom. The number of halogens is 2. The minimum Gasteiger partial charge on any atom is -0.435 e. The zero-order valence-electron chi connectivity index (χ0n) is 10.7. The molecule has 1 heterocycles. The van der Waals surface area contributed by atoms with Gasteiger partial charge in [0.15, 0.2) is 5.58 Å². The highest BCUT2D eigenvalue weighted by Gasteiger charge is 2.07. The highest BCUT2D eigenvalue weighted by Crippen LogP contribution is 2.25. The monoisotopic (exact) mass is 291 g/mol. The van der Waals surface area contributed by atoms with Crippen LogP contribution in [0.5, 0.6) is 5.75 Å². The second kappa shape index (κ2) is 5.28. The number of nitrogens with zero attached hydrogens (tertiary/aromatic N) is 1. The smallest absolute Gasteiger partial charge is 0.387 e. The van der Waals surface area contributed by atoms with E-state index in [9.17, 15) is 8.78 Å². The fourth-order valence-corrected chi connectivity index (χ4v) is 1.84. The van der Waals surface area contributed by atoms with Crippen molar-refractivity contribution in [2.45, 2.75) is 6.61 Å². The average molecular weight is 291 g/mol. The molecule has 7 heteroatoms. The summed E-state index contributed by atoms with van der Waals surface area (Å²) in [5.74, 6) is 0.0842. The molecule has 0 amide bonds. The van der Waals surface area contributed by atoms with E-state index < -0.39 is 6.61 Å². The largest absolute Gasteiger partial charge is 0.435 e. The number of ether oxygens (including phenoxy) is 1. The van der Waals surface area contributed by atoms with Gasteiger partial charge in [-0.2, -0.15) is 13.8 Å². The van der Waals surface area contributed by atoms with E-state index in [4.69, 9.17) is 10.2 Å². The third-order valence-electron chi connectivity index (χ3n) is 2.74. The molecule has 108 valence electrons. The molecule has 3 aromatic rings. The van der Waals surface area contributed by atoms with Gasteiger partial charge >= 0.3 is 6.61 Å². The molecule has 3 N–H and O–H groups in total. The molecule has 21 heavy (non-hydrogen) atoms. The summed E-state index contributed by atoms with van der Waals surface area (Å²) in [6.45, 7) is -2.84. The fraction of sp³-hybridized carbons (Fsp3) is 0.0714. The van der Waals surface area contributed by atoms with Gasteiger partial charge in [0.1, 0.15) is 11.3 Å². The zero-order chi connectivity index (χ0) is 14.8. The van der Waals surface area contributed by atoms with E-state index in [-0.39, 0.29) is 11.8 Å². The van der Waals surface area contributed by atoms with Crippen LogP contribution in [0.15, 0.2) is 46.9 Å². The second-order valence-electron chi connectivity index (χ2n) is 4.27. The second-order valence-corrected chi connectivity index (χ2v) is 4.27. The van der Waals surface area contributed by atoms with Crippen LogP contribution >= 0.6 is 0 Å². The van der Waals surface area contributed by atoms with E-state index in [2.05, 4.69) is 15.0 Å². The van der Waals surface area contributed by atoms with Gasteiger partial charge in [0, 0.05) is 17.4 Å². The normalized spacial score (nSPS) is 11.0. The maximum absolute atomic E-state index is 12.0. The lowest BCUT2D eigenvalue weighted by Crippen LogP contribution is -2.01. The molecule has 0 radical (unpaired) electrons. The molecular weight excluding hydrogens is 280 g/mol. The van der Waals surface area contributed by atoms with Gasteiger partial charge in [-0.05, 0) is 36.4 Å². The molecule has 2 aromatic carbocycles. The molecule has 0 aliphatic carbocycles. The lowest BCUT2D eigenvalue weighted by atomic mass is 10.3. The Morgan fingerprint density at radius 2 is 1.90 bits per heavy atom. The number of rotatable bonds is 4. The molecule has 0 atom stereocenters. The Balaban J connectivity index is 1.78. The van der Waals surface area contributed by atoms with E-state index in [1.54, 1.807) is 30.3 Å². The highest BCUT2D eigenvalue weighted by atomic mass is 19.3. The summed E-state index contributed by atoms with van der Waals surface area (Å²) in [5, 5.41) is 2.93. The molecule has 0 saturated carbocycles. The number of hydrogen-bond acceptors (Lipinski definition) is 5. The van der Waals surface area contributed by atoms with Crippen LogP contribution in [0.3, 0.4) is 0 Å². The Labute approximate surface area is 118 Å². The van der Waals surface area contributed by atoms with Crippen molar-refractivity contribution in [1.82, 2.24) is 4.98 Å². The first-order valence-corrected chi connectivity index (χ1v) is 6.08. The van der Waals surface area contributed by atoms with E-state index in [1.807, 2.05) is 0 Å². The molecule has 0 fully saturated rings. The Morgan fingerprint density at radius 1 is 1.14 bits per heavy atom. The molecule has 0 unspecified atom stereocenters. The first-order chi connectivity index (χ1) is 10.1. The average Bonchev–Trinajstić information content (AvgIpc) is 2.82. The molecule has 3 rings (SSSR count). The lowest BCUT2D eigenvalue weighted by Gasteiger charge is -2.05. The molecule has 1 aromatic heterocycles. The molecule has 0 saturated heterocycles. The number of nitrogens with one attached hydrogen (secondary N) is 1. The third-order valence-corrected chi connectivity index (χ3v) is 2.74. The summed E-state index contributed by atoms with van der Waals surface area (Å²) in [4.78, 5) is 4.24. The predicted octanol–water partition coefficient (Wildman–Crippen LogP) is 3.76. The van der Waals surface area contributed by atoms with Crippen LogP contribution < -0.4 is 15.8 Å². The quantitative estimate of drug-likeness (QED) is 0.716. The van der Waals surface area contributed by atoms with Gasteiger partial charge in [-0.3, -0.25) is 0 Å². The minimum absolute atomic E-state index is 0.0842. The summed E-state index contributed by atoms with van der Waals surface area (Å²) in [7, 11) is 0. The van der Waals surface area contributed by atoms with Crippen molar-refractivity contribution >= 4 is 28.5 Å². The SMILES string of the molecule is Nc1ccc2nc(Nc3ccc(OC(F)F)cc3)oc2c1. The molecule has 0 spiro atoms. The number of nitrogens with two attached hydrogens (primary N) is 1. The van der Waals surface area contributed by atoms with Gasteiger partial charge in [-0.25, -0.2) is 0 Å². The first kappa shape index (κ1) is 13.2. The summed E-state index contributed by atoms with van der Waals surface area (Å²) in [6.07, 6.45) is 0. The van der Waals surface area contributed by atoms with Gasteiger partial charge in [-0.15, -0.1) is 0 Å². The van der Waals surface area contributed by atoms with Crippen LogP contribution in [0.4, 0.5) is 26.2 Å². The van der Waals surface area contributed by atoms with E-state index in [1.165, 1.54) is 12.1 Å². The summed E-state index contributed by atoms with van der Waals surface area (Å²) < 4.78 is 33.9. The van der Waals surface area contributed by atoms with Crippen LogP contribution in [-0.2, 0) is 0 Å². The van der Waals surface area contributed by atoms with Crippen LogP contribution in [0.2, 0.25) is 0 Å². The van der Waals surface area contributed by atoms with Crippen molar-refractivity contribution in [3.05, 3.63) is 42.5 Å². The Kier molecular flexibility index (Phi) is 3.31. The summed E-state index contributed by atoms with van der Waals surface area (Å²) in [5.41, 5.74) is 8.11. The van der Waals surface area contributed by atoms with Crippen LogP contribution in [-0.4, -0.2) is 11.6 Å². The summed E-state index contributed by atoms with van der Waals surface area (Å²) >= 11 is 0. The zero-order valence-corrected chi connectivity index (χ0v) is 10.7. The minimum atomic E-state index is -2.84.